The molecule has 1 aromatic carbocycles. The molecule has 0 aliphatic carbocycles. The predicted molar refractivity (Wildman–Crippen MR) is 105 cm³/mol. The first-order valence-corrected chi connectivity index (χ1v) is 8.64. The minimum atomic E-state index is -0.478. The van der Waals surface area contributed by atoms with Crippen LogP contribution in [0.3, 0.4) is 0 Å². The summed E-state index contributed by atoms with van der Waals surface area (Å²) in [4.78, 5) is 19.1. The highest BCUT2D eigenvalue weighted by Gasteiger charge is 2.11. The lowest BCUT2D eigenvalue weighted by Gasteiger charge is -2.15. The van der Waals surface area contributed by atoms with Crippen LogP contribution in [0.15, 0.2) is 43.1 Å². The molecule has 0 aliphatic heterocycles. The van der Waals surface area contributed by atoms with Crippen LogP contribution in [0.25, 0.3) is 11.1 Å². The Morgan fingerprint density at radius 3 is 2.63 bits per heavy atom. The SMILES string of the molecule is CN(C)CCNc1nc(Nc2ccc(F)c(Cl)c2)ncc1-c1cncnc1. The molecule has 3 aromatic rings. The third kappa shape index (κ3) is 5.08. The molecule has 0 radical (unpaired) electrons. The maximum absolute atomic E-state index is 13.3. The highest BCUT2D eigenvalue weighted by Crippen LogP contribution is 2.27. The number of likely N-dealkylation sites (N-methyl/N-ethyl adjacent to an activating group) is 1. The first-order chi connectivity index (χ1) is 13.0. The number of hydrogen-bond acceptors (Lipinski definition) is 7. The molecule has 0 fully saturated rings. The normalized spacial score (nSPS) is 10.9. The van der Waals surface area contributed by atoms with E-state index in [1.165, 1.54) is 18.5 Å². The fourth-order valence-corrected chi connectivity index (χ4v) is 2.51. The topological polar surface area (TPSA) is 78.9 Å². The number of aromatic nitrogens is 4. The molecule has 0 bridgehead atoms. The van der Waals surface area contributed by atoms with Crippen LogP contribution in [0.2, 0.25) is 5.02 Å². The van der Waals surface area contributed by atoms with Gasteiger partial charge in [0.1, 0.15) is 18.0 Å². The van der Waals surface area contributed by atoms with Gasteiger partial charge in [-0.1, -0.05) is 11.6 Å². The van der Waals surface area contributed by atoms with E-state index < -0.39 is 5.82 Å². The van der Waals surface area contributed by atoms with Crippen molar-refractivity contribution >= 4 is 29.1 Å². The summed E-state index contributed by atoms with van der Waals surface area (Å²) in [6.07, 6.45) is 6.57. The zero-order valence-corrected chi connectivity index (χ0v) is 15.7. The Morgan fingerprint density at radius 1 is 1.15 bits per heavy atom. The third-order valence-corrected chi connectivity index (χ3v) is 3.98. The van der Waals surface area contributed by atoms with Crippen LogP contribution in [0, 0.1) is 5.82 Å². The average molecular weight is 388 g/mol. The van der Waals surface area contributed by atoms with Crippen molar-refractivity contribution in [1.29, 1.82) is 0 Å². The third-order valence-electron chi connectivity index (χ3n) is 3.69. The van der Waals surface area contributed by atoms with Crippen molar-refractivity contribution < 1.29 is 4.39 Å². The molecule has 2 heterocycles. The van der Waals surface area contributed by atoms with Crippen LogP contribution < -0.4 is 10.6 Å². The molecular weight excluding hydrogens is 369 g/mol. The van der Waals surface area contributed by atoms with E-state index in [9.17, 15) is 4.39 Å². The molecular formula is C18H19ClFN7. The summed E-state index contributed by atoms with van der Waals surface area (Å²) >= 11 is 5.83. The number of benzene rings is 1. The fraction of sp³-hybridized carbons (Fsp3) is 0.222. The molecule has 140 valence electrons. The zero-order valence-electron chi connectivity index (χ0n) is 14.9. The highest BCUT2D eigenvalue weighted by atomic mass is 35.5. The summed E-state index contributed by atoms with van der Waals surface area (Å²) in [6.45, 7) is 1.54. The lowest BCUT2D eigenvalue weighted by atomic mass is 10.1. The van der Waals surface area contributed by atoms with Crippen molar-refractivity contribution in [2.45, 2.75) is 0 Å². The second-order valence-corrected chi connectivity index (χ2v) is 6.47. The summed E-state index contributed by atoms with van der Waals surface area (Å²) in [5.41, 5.74) is 2.19. The Morgan fingerprint density at radius 2 is 1.93 bits per heavy atom. The first-order valence-electron chi connectivity index (χ1n) is 8.26. The van der Waals surface area contributed by atoms with Crippen LogP contribution >= 0.6 is 11.6 Å². The molecule has 3 rings (SSSR count). The number of hydrogen-bond donors (Lipinski definition) is 2. The van der Waals surface area contributed by atoms with Crippen LogP contribution in [0.4, 0.5) is 21.8 Å². The van der Waals surface area contributed by atoms with Gasteiger partial charge in [0, 0.05) is 48.5 Å². The van der Waals surface area contributed by atoms with Gasteiger partial charge in [-0.2, -0.15) is 4.98 Å². The second kappa shape index (κ2) is 8.70. The van der Waals surface area contributed by atoms with Crippen molar-refractivity contribution in [2.75, 3.05) is 37.8 Å². The van der Waals surface area contributed by atoms with Crippen LogP contribution in [0.1, 0.15) is 0 Å². The van der Waals surface area contributed by atoms with Crippen LogP contribution in [-0.2, 0) is 0 Å². The summed E-state index contributed by atoms with van der Waals surface area (Å²) in [7, 11) is 4.00. The molecule has 2 aromatic heterocycles. The van der Waals surface area contributed by atoms with E-state index >= 15 is 0 Å². The van der Waals surface area contributed by atoms with Crippen molar-refractivity contribution in [3.63, 3.8) is 0 Å². The van der Waals surface area contributed by atoms with E-state index in [0.29, 0.717) is 24.0 Å². The summed E-state index contributed by atoms with van der Waals surface area (Å²) in [5.74, 6) is 0.539. The Hall–Kier alpha value is -2.84. The Bertz CT molecular complexity index is 905. The molecule has 7 nitrogen and oxygen atoms in total. The average Bonchev–Trinajstić information content (AvgIpc) is 2.65. The van der Waals surface area contributed by atoms with Crippen LogP contribution in [-0.4, -0.2) is 52.0 Å². The summed E-state index contributed by atoms with van der Waals surface area (Å²) in [5, 5.41) is 6.38. The van der Waals surface area contributed by atoms with Gasteiger partial charge in [0.05, 0.1) is 5.02 Å². The smallest absolute Gasteiger partial charge is 0.229 e. The van der Waals surface area contributed by atoms with E-state index in [1.807, 2.05) is 14.1 Å². The van der Waals surface area contributed by atoms with Gasteiger partial charge in [-0.25, -0.2) is 19.3 Å². The Balaban J connectivity index is 1.88. The van der Waals surface area contributed by atoms with Gasteiger partial charge in [-0.05, 0) is 32.3 Å². The first kappa shape index (κ1) is 18.9. The zero-order chi connectivity index (χ0) is 19.2. The van der Waals surface area contributed by atoms with E-state index in [-0.39, 0.29) is 5.02 Å². The minimum Gasteiger partial charge on any atom is -0.368 e. The van der Waals surface area contributed by atoms with Gasteiger partial charge in [-0.15, -0.1) is 0 Å². The minimum absolute atomic E-state index is 0.0300. The van der Waals surface area contributed by atoms with Gasteiger partial charge in [-0.3, -0.25) is 0 Å². The van der Waals surface area contributed by atoms with E-state index in [1.54, 1.807) is 24.7 Å². The van der Waals surface area contributed by atoms with E-state index in [0.717, 1.165) is 17.7 Å². The number of halogens is 2. The van der Waals surface area contributed by atoms with Crippen molar-refractivity contribution in [2.24, 2.45) is 0 Å². The molecule has 0 spiro atoms. The van der Waals surface area contributed by atoms with Gasteiger partial charge in [0.2, 0.25) is 5.95 Å². The molecule has 0 saturated carbocycles. The number of anilines is 3. The maximum Gasteiger partial charge on any atom is 0.229 e. The number of nitrogens with zero attached hydrogens (tertiary/aromatic N) is 5. The largest absolute Gasteiger partial charge is 0.368 e. The van der Waals surface area contributed by atoms with Gasteiger partial charge < -0.3 is 15.5 Å². The highest BCUT2D eigenvalue weighted by molar-refractivity contribution is 6.31. The molecule has 0 saturated heterocycles. The second-order valence-electron chi connectivity index (χ2n) is 6.07. The molecule has 0 atom stereocenters. The van der Waals surface area contributed by atoms with Gasteiger partial charge in [0.15, 0.2) is 0 Å². The Kier molecular flexibility index (Phi) is 6.10. The van der Waals surface area contributed by atoms with Crippen molar-refractivity contribution in [3.05, 3.63) is 54.0 Å². The fourth-order valence-electron chi connectivity index (χ4n) is 2.33. The molecule has 0 amide bonds. The van der Waals surface area contributed by atoms with Crippen LogP contribution in [0.5, 0.6) is 0 Å². The Labute approximate surface area is 161 Å². The number of nitrogens with one attached hydrogen (secondary N) is 2. The lowest BCUT2D eigenvalue weighted by molar-refractivity contribution is 0.425. The van der Waals surface area contributed by atoms with Gasteiger partial charge in [0.25, 0.3) is 0 Å². The molecule has 0 aliphatic rings. The van der Waals surface area contributed by atoms with E-state index in [2.05, 4.69) is 35.5 Å². The summed E-state index contributed by atoms with van der Waals surface area (Å²) in [6, 6.07) is 4.34. The standard InChI is InChI=1S/C18H19ClFN7/c1-27(2)6-5-23-17-14(12-8-21-11-22-9-12)10-24-18(26-17)25-13-3-4-16(20)15(19)7-13/h3-4,7-11H,5-6H2,1-2H3,(H2,23,24,25,26). The predicted octanol–water partition coefficient (Wildman–Crippen LogP) is 3.44. The van der Waals surface area contributed by atoms with Crippen molar-refractivity contribution in [3.8, 4) is 11.1 Å². The number of rotatable bonds is 7. The van der Waals surface area contributed by atoms with Gasteiger partial charge >= 0.3 is 0 Å². The monoisotopic (exact) mass is 387 g/mol. The maximum atomic E-state index is 13.3. The lowest BCUT2D eigenvalue weighted by Crippen LogP contribution is -2.21. The molecule has 9 heteroatoms. The molecule has 27 heavy (non-hydrogen) atoms. The molecule has 0 unspecified atom stereocenters. The summed E-state index contributed by atoms with van der Waals surface area (Å²) < 4.78 is 13.3. The van der Waals surface area contributed by atoms with E-state index in [4.69, 9.17) is 11.6 Å². The van der Waals surface area contributed by atoms with Crippen molar-refractivity contribution in [1.82, 2.24) is 24.8 Å². The quantitative estimate of drug-likeness (QED) is 0.642. The molecule has 2 N–H and O–H groups in total.